The number of nitrogens with zero attached hydrogens (tertiary/aromatic N) is 4. The Morgan fingerprint density at radius 3 is 2.60 bits per heavy atom. The zero-order valence-electron chi connectivity index (χ0n) is 21.1. The molecule has 9 nitrogen and oxygen atoms in total. The van der Waals surface area contributed by atoms with E-state index in [1.807, 2.05) is 37.3 Å². The second-order valence-corrected chi connectivity index (χ2v) is 10.3. The monoisotopic (exact) mass is 568 g/mol. The molecule has 0 bridgehead atoms. The number of rotatable bonds is 9. The first-order valence-electron chi connectivity index (χ1n) is 12.1. The summed E-state index contributed by atoms with van der Waals surface area (Å²) >= 11 is 0.816. The summed E-state index contributed by atoms with van der Waals surface area (Å²) in [5, 5.41) is 12.0. The minimum Gasteiger partial charge on any atom is -0.445 e. The van der Waals surface area contributed by atoms with E-state index in [9.17, 15) is 18.0 Å². The van der Waals surface area contributed by atoms with Gasteiger partial charge >= 0.3 is 6.18 Å². The zero-order valence-corrected chi connectivity index (χ0v) is 21.9. The highest BCUT2D eigenvalue weighted by atomic mass is 32.1. The lowest BCUT2D eigenvalue weighted by molar-refractivity contribution is -0.140. The molecule has 1 atom stereocenters. The number of oxazole rings is 1. The maximum atomic E-state index is 13.0. The van der Waals surface area contributed by atoms with Crippen molar-refractivity contribution in [1.82, 2.24) is 25.5 Å². The van der Waals surface area contributed by atoms with Gasteiger partial charge in [-0.25, -0.2) is 9.97 Å². The molecule has 2 aromatic carbocycles. The topological polar surface area (TPSA) is 133 Å². The molecule has 3 aromatic heterocycles. The third kappa shape index (κ3) is 6.43. The summed E-state index contributed by atoms with van der Waals surface area (Å²) in [5.74, 6) is 0.337. The van der Waals surface area contributed by atoms with Gasteiger partial charge in [-0.3, -0.25) is 4.79 Å². The molecule has 0 aliphatic carbocycles. The van der Waals surface area contributed by atoms with Crippen LogP contribution in [0.4, 0.5) is 13.2 Å². The number of aromatic nitrogens is 4. The van der Waals surface area contributed by atoms with Gasteiger partial charge in [0.05, 0.1) is 24.7 Å². The predicted molar refractivity (Wildman–Crippen MR) is 139 cm³/mol. The highest BCUT2D eigenvalue weighted by Crippen LogP contribution is 2.30. The molecular weight excluding hydrogens is 545 g/mol. The molecule has 0 saturated carbocycles. The summed E-state index contributed by atoms with van der Waals surface area (Å²) in [6.45, 7) is 1.64. The van der Waals surface area contributed by atoms with E-state index in [0.29, 0.717) is 17.5 Å². The van der Waals surface area contributed by atoms with E-state index in [4.69, 9.17) is 14.6 Å². The number of benzene rings is 2. The molecule has 40 heavy (non-hydrogen) atoms. The van der Waals surface area contributed by atoms with Crippen molar-refractivity contribution in [2.24, 2.45) is 5.73 Å². The molecule has 3 N–H and O–H groups in total. The number of carbonyl (C=O) groups is 1. The van der Waals surface area contributed by atoms with Crippen LogP contribution in [0.25, 0.3) is 11.5 Å². The highest BCUT2D eigenvalue weighted by molar-refractivity contribution is 7.09. The summed E-state index contributed by atoms with van der Waals surface area (Å²) < 4.78 is 49.9. The number of thiazole rings is 1. The molecule has 0 radical (unpaired) electrons. The lowest BCUT2D eigenvalue weighted by Crippen LogP contribution is -2.35. The van der Waals surface area contributed by atoms with Gasteiger partial charge < -0.3 is 19.9 Å². The first kappa shape index (κ1) is 27.2. The molecule has 1 unspecified atom stereocenters. The largest absolute Gasteiger partial charge is 0.445 e. The first-order valence-corrected chi connectivity index (χ1v) is 12.9. The van der Waals surface area contributed by atoms with Crippen molar-refractivity contribution in [3.8, 4) is 11.5 Å². The predicted octanol–water partition coefficient (Wildman–Crippen LogP) is 5.14. The molecule has 0 saturated heterocycles. The Bertz CT molecular complexity index is 1600. The Morgan fingerprint density at radius 2 is 1.90 bits per heavy atom. The average Bonchev–Trinajstić information content (AvgIpc) is 3.69. The van der Waals surface area contributed by atoms with Crippen LogP contribution in [0.5, 0.6) is 0 Å². The summed E-state index contributed by atoms with van der Waals surface area (Å²) in [7, 11) is 0. The Morgan fingerprint density at radius 1 is 1.10 bits per heavy atom. The van der Waals surface area contributed by atoms with Crippen LogP contribution in [0.1, 0.15) is 50.9 Å². The minimum atomic E-state index is -4.55. The quantitative estimate of drug-likeness (QED) is 0.250. The van der Waals surface area contributed by atoms with Crippen LogP contribution in [0.15, 0.2) is 75.2 Å². The van der Waals surface area contributed by atoms with E-state index in [2.05, 4.69) is 25.5 Å². The van der Waals surface area contributed by atoms with Crippen molar-refractivity contribution in [3.63, 3.8) is 0 Å². The maximum Gasteiger partial charge on any atom is 0.434 e. The standard InChI is InChI=1S/C27H23F3N6O3S/c1-26(31,13-16-5-3-2-4-6-16)25-36-35-21(39-25)11-17-9-18(12-19(10-17)24-32-7-8-38-24)23(37)33-14-22-34-20(15-40-22)27(28,29)30/h2-10,12,15H,11,13-14,31H2,1H3,(H,33,37). The van der Waals surface area contributed by atoms with Gasteiger partial charge in [0.15, 0.2) is 5.69 Å². The van der Waals surface area contributed by atoms with Gasteiger partial charge in [-0.2, -0.15) is 13.2 Å². The van der Waals surface area contributed by atoms with Crippen LogP contribution >= 0.6 is 11.3 Å². The third-order valence-corrected chi connectivity index (χ3v) is 6.75. The van der Waals surface area contributed by atoms with E-state index in [0.717, 1.165) is 22.3 Å². The number of carbonyl (C=O) groups excluding carboxylic acids is 1. The number of alkyl halides is 3. The zero-order chi connectivity index (χ0) is 28.3. The number of halogens is 3. The lowest BCUT2D eigenvalue weighted by Gasteiger charge is -2.20. The Kier molecular flexibility index (Phi) is 7.50. The molecule has 206 valence electrons. The van der Waals surface area contributed by atoms with E-state index in [1.54, 1.807) is 18.2 Å². The average molecular weight is 569 g/mol. The molecular formula is C27H23F3N6O3S. The highest BCUT2D eigenvalue weighted by Gasteiger charge is 2.33. The van der Waals surface area contributed by atoms with E-state index >= 15 is 0 Å². The Hall–Kier alpha value is -4.36. The fourth-order valence-electron chi connectivity index (χ4n) is 4.02. The number of nitrogens with two attached hydrogens (primary N) is 1. The summed E-state index contributed by atoms with van der Waals surface area (Å²) in [6, 6.07) is 14.7. The van der Waals surface area contributed by atoms with E-state index < -0.39 is 23.3 Å². The van der Waals surface area contributed by atoms with Crippen molar-refractivity contribution in [1.29, 1.82) is 0 Å². The Balaban J connectivity index is 1.34. The normalized spacial score (nSPS) is 13.2. The van der Waals surface area contributed by atoms with Crippen LogP contribution in [0.3, 0.4) is 0 Å². The van der Waals surface area contributed by atoms with Gasteiger partial charge in [0.2, 0.25) is 17.7 Å². The van der Waals surface area contributed by atoms with Gasteiger partial charge in [0.1, 0.15) is 11.3 Å². The summed E-state index contributed by atoms with van der Waals surface area (Å²) in [5.41, 5.74) is 7.03. The van der Waals surface area contributed by atoms with Crippen molar-refractivity contribution < 1.29 is 26.8 Å². The van der Waals surface area contributed by atoms with Crippen molar-refractivity contribution >= 4 is 17.2 Å². The molecule has 0 spiro atoms. The van der Waals surface area contributed by atoms with Gasteiger partial charge in [-0.1, -0.05) is 30.3 Å². The number of nitrogens with one attached hydrogen (secondary N) is 1. The maximum absolute atomic E-state index is 13.0. The van der Waals surface area contributed by atoms with Gasteiger partial charge in [-0.15, -0.1) is 21.5 Å². The number of hydrogen-bond acceptors (Lipinski definition) is 9. The smallest absolute Gasteiger partial charge is 0.434 e. The molecule has 0 aliphatic heterocycles. The van der Waals surface area contributed by atoms with Crippen molar-refractivity contribution in [2.75, 3.05) is 0 Å². The molecule has 0 fully saturated rings. The van der Waals surface area contributed by atoms with Crippen molar-refractivity contribution in [3.05, 3.63) is 106 Å². The second kappa shape index (κ2) is 11.0. The fraction of sp³-hybridized carbons (Fsp3) is 0.222. The van der Waals surface area contributed by atoms with Gasteiger partial charge in [-0.05, 0) is 42.7 Å². The third-order valence-electron chi connectivity index (χ3n) is 5.90. The van der Waals surface area contributed by atoms with Crippen LogP contribution in [-0.2, 0) is 31.1 Å². The molecule has 13 heteroatoms. The van der Waals surface area contributed by atoms with Crippen LogP contribution in [-0.4, -0.2) is 26.1 Å². The van der Waals surface area contributed by atoms with E-state index in [1.165, 1.54) is 12.5 Å². The Labute approximate surface area is 230 Å². The van der Waals surface area contributed by atoms with E-state index in [-0.39, 0.29) is 41.2 Å². The van der Waals surface area contributed by atoms with Crippen molar-refractivity contribution in [2.45, 2.75) is 38.0 Å². The van der Waals surface area contributed by atoms with Crippen LogP contribution in [0, 0.1) is 0 Å². The fourth-order valence-corrected chi connectivity index (χ4v) is 4.76. The van der Waals surface area contributed by atoms with Gasteiger partial charge in [0, 0.05) is 16.5 Å². The minimum absolute atomic E-state index is 0.128. The summed E-state index contributed by atoms with van der Waals surface area (Å²) in [4.78, 5) is 20.7. The molecule has 0 aliphatic rings. The first-order chi connectivity index (χ1) is 19.1. The molecule has 5 rings (SSSR count). The summed E-state index contributed by atoms with van der Waals surface area (Å²) in [6.07, 6.45) is -0.994. The van der Waals surface area contributed by atoms with Crippen LogP contribution < -0.4 is 11.1 Å². The SMILES string of the molecule is CC(N)(Cc1ccccc1)c1nnc(Cc2cc(C(=O)NCc3nc(C(F)(F)F)cs3)cc(-c3ncco3)c2)o1. The molecule has 3 heterocycles. The number of hydrogen-bond donors (Lipinski definition) is 2. The second-order valence-electron chi connectivity index (χ2n) is 9.32. The van der Waals surface area contributed by atoms with Crippen LogP contribution in [0.2, 0.25) is 0 Å². The lowest BCUT2D eigenvalue weighted by atomic mass is 9.94. The van der Waals surface area contributed by atoms with Gasteiger partial charge in [0.25, 0.3) is 5.91 Å². The number of amides is 1. The molecule has 1 amide bonds. The molecule has 5 aromatic rings.